The zero-order valence-corrected chi connectivity index (χ0v) is 15.4. The average molecular weight is 380 g/mol. The summed E-state index contributed by atoms with van der Waals surface area (Å²) in [6.45, 7) is 4.45. The van der Waals surface area contributed by atoms with Gasteiger partial charge in [0.2, 0.25) is 0 Å². The summed E-state index contributed by atoms with van der Waals surface area (Å²) in [6, 6.07) is 4.10. The first-order valence-electron chi connectivity index (χ1n) is 9.03. The lowest BCUT2D eigenvalue weighted by atomic mass is 9.99. The van der Waals surface area contributed by atoms with Gasteiger partial charge in [-0.1, -0.05) is 12.8 Å². The number of hydrogen-bond donors (Lipinski definition) is 2. The Kier molecular flexibility index (Phi) is 5.43. The van der Waals surface area contributed by atoms with E-state index in [2.05, 4.69) is 15.5 Å². The molecule has 0 spiro atoms. The van der Waals surface area contributed by atoms with Gasteiger partial charge in [-0.05, 0) is 51.0 Å². The fraction of sp³-hybridized carbons (Fsp3) is 0.474. The van der Waals surface area contributed by atoms with Gasteiger partial charge in [-0.3, -0.25) is 5.10 Å². The van der Waals surface area contributed by atoms with Crippen LogP contribution in [0.1, 0.15) is 54.2 Å². The van der Waals surface area contributed by atoms with Gasteiger partial charge in [-0.25, -0.2) is 4.79 Å². The van der Waals surface area contributed by atoms with E-state index >= 15 is 0 Å². The maximum atomic E-state index is 12.9. The average Bonchev–Trinajstić information content (AvgIpc) is 2.81. The molecule has 0 bridgehead atoms. The number of hydrogen-bond acceptors (Lipinski definition) is 2. The number of anilines is 1. The summed E-state index contributed by atoms with van der Waals surface area (Å²) < 4.78 is 38.1. The number of halogens is 3. The Morgan fingerprint density at radius 2 is 1.89 bits per heavy atom. The number of aromatic nitrogens is 2. The van der Waals surface area contributed by atoms with Crippen LogP contribution in [0.3, 0.4) is 0 Å². The number of nitrogens with one attached hydrogen (secondary N) is 2. The van der Waals surface area contributed by atoms with Crippen LogP contribution < -0.4 is 5.32 Å². The first kappa shape index (κ1) is 19.3. The number of amides is 2. The van der Waals surface area contributed by atoms with Gasteiger partial charge in [0.05, 0.1) is 17.3 Å². The lowest BCUT2D eigenvalue weighted by Gasteiger charge is -2.30. The van der Waals surface area contributed by atoms with Crippen LogP contribution in [-0.2, 0) is 6.18 Å². The Balaban J connectivity index is 1.80. The number of H-pyrrole nitrogens is 1. The third-order valence-corrected chi connectivity index (χ3v) is 5.00. The van der Waals surface area contributed by atoms with Gasteiger partial charge in [0, 0.05) is 23.5 Å². The van der Waals surface area contributed by atoms with E-state index in [-0.39, 0.29) is 12.1 Å². The van der Waals surface area contributed by atoms with E-state index in [4.69, 9.17) is 0 Å². The molecule has 8 heteroatoms. The van der Waals surface area contributed by atoms with Gasteiger partial charge >= 0.3 is 12.2 Å². The third kappa shape index (κ3) is 4.26. The molecule has 1 aliphatic heterocycles. The quantitative estimate of drug-likeness (QED) is 0.753. The lowest BCUT2D eigenvalue weighted by Crippen LogP contribution is -2.38. The van der Waals surface area contributed by atoms with Crippen LogP contribution in [0.15, 0.2) is 24.3 Å². The number of nitrogens with zero attached hydrogens (tertiary/aromatic N) is 2. The number of aryl methyl sites for hydroxylation is 2. The molecule has 2 heterocycles. The van der Waals surface area contributed by atoms with Crippen molar-refractivity contribution in [1.29, 1.82) is 0 Å². The predicted molar refractivity (Wildman–Crippen MR) is 96.4 cm³/mol. The van der Waals surface area contributed by atoms with Gasteiger partial charge in [-0.2, -0.15) is 18.3 Å². The van der Waals surface area contributed by atoms with Crippen LogP contribution in [-0.4, -0.2) is 27.7 Å². The lowest BCUT2D eigenvalue weighted by molar-refractivity contribution is -0.137. The molecule has 1 aromatic heterocycles. The number of carbonyl (C=O) groups is 1. The van der Waals surface area contributed by atoms with E-state index in [1.54, 1.807) is 4.90 Å². The van der Waals surface area contributed by atoms with Crippen LogP contribution in [0.5, 0.6) is 0 Å². The van der Waals surface area contributed by atoms with Crippen molar-refractivity contribution in [1.82, 2.24) is 15.1 Å². The highest BCUT2D eigenvalue weighted by Crippen LogP contribution is 2.34. The highest BCUT2D eigenvalue weighted by Gasteiger charge is 2.31. The summed E-state index contributed by atoms with van der Waals surface area (Å²) in [4.78, 5) is 14.7. The summed E-state index contributed by atoms with van der Waals surface area (Å²) in [5.74, 6) is 0. The normalized spacial score (nSPS) is 18.3. The second-order valence-corrected chi connectivity index (χ2v) is 6.91. The zero-order chi connectivity index (χ0) is 19.6. The first-order valence-corrected chi connectivity index (χ1v) is 9.03. The molecule has 0 radical (unpaired) electrons. The molecule has 1 fully saturated rings. The number of carbonyl (C=O) groups excluding carboxylic acids is 1. The largest absolute Gasteiger partial charge is 0.416 e. The summed E-state index contributed by atoms with van der Waals surface area (Å²) >= 11 is 0. The molecular weight excluding hydrogens is 357 g/mol. The monoisotopic (exact) mass is 380 g/mol. The SMILES string of the molecule is Cc1n[nH]c(C)c1C1CCCCCN1C(=O)Nc1ccc(C(F)(F)F)cc1. The van der Waals surface area contributed by atoms with Crippen molar-refractivity contribution in [2.45, 2.75) is 51.7 Å². The molecule has 2 N–H and O–H groups in total. The molecule has 2 aromatic rings. The second-order valence-electron chi connectivity index (χ2n) is 6.91. The standard InChI is InChI=1S/C19H23F3N4O/c1-12-17(13(2)25-24-12)16-6-4-3-5-11-26(16)18(27)23-15-9-7-14(8-10-15)19(20,21)22/h7-10,16H,3-6,11H2,1-2H3,(H,23,27)(H,24,25). The Morgan fingerprint density at radius 3 is 2.48 bits per heavy atom. The number of likely N-dealkylation sites (tertiary alicyclic amines) is 1. The van der Waals surface area contributed by atoms with Gasteiger partial charge in [0.25, 0.3) is 0 Å². The molecule has 3 rings (SSSR count). The topological polar surface area (TPSA) is 61.0 Å². The fourth-order valence-corrected chi connectivity index (χ4v) is 3.64. The van der Waals surface area contributed by atoms with Crippen LogP contribution in [0.2, 0.25) is 0 Å². The van der Waals surface area contributed by atoms with Crippen LogP contribution in [0.25, 0.3) is 0 Å². The van der Waals surface area contributed by atoms with Crippen molar-refractivity contribution in [2.24, 2.45) is 0 Å². The molecule has 1 aromatic carbocycles. The molecule has 1 unspecified atom stereocenters. The van der Waals surface area contributed by atoms with E-state index in [0.717, 1.165) is 54.8 Å². The molecular formula is C19H23F3N4O. The molecule has 5 nitrogen and oxygen atoms in total. The smallest absolute Gasteiger partial charge is 0.317 e. The minimum atomic E-state index is -4.39. The minimum absolute atomic E-state index is 0.0966. The van der Waals surface area contributed by atoms with E-state index in [0.29, 0.717) is 12.2 Å². The Labute approximate surface area is 155 Å². The van der Waals surface area contributed by atoms with Crippen molar-refractivity contribution in [3.63, 3.8) is 0 Å². The zero-order valence-electron chi connectivity index (χ0n) is 15.4. The van der Waals surface area contributed by atoms with Crippen LogP contribution in [0, 0.1) is 13.8 Å². The van der Waals surface area contributed by atoms with Crippen molar-refractivity contribution in [3.05, 3.63) is 46.8 Å². The van der Waals surface area contributed by atoms with Gasteiger partial charge < -0.3 is 10.2 Å². The van der Waals surface area contributed by atoms with Crippen molar-refractivity contribution in [3.8, 4) is 0 Å². The molecule has 1 aliphatic rings. The number of aromatic amines is 1. The van der Waals surface area contributed by atoms with E-state index in [9.17, 15) is 18.0 Å². The molecule has 1 atom stereocenters. The van der Waals surface area contributed by atoms with Crippen molar-refractivity contribution < 1.29 is 18.0 Å². The van der Waals surface area contributed by atoms with Crippen LogP contribution >= 0.6 is 0 Å². The molecule has 0 aliphatic carbocycles. The number of rotatable bonds is 2. The van der Waals surface area contributed by atoms with E-state index in [1.807, 2.05) is 13.8 Å². The van der Waals surface area contributed by atoms with Gasteiger partial charge in [-0.15, -0.1) is 0 Å². The van der Waals surface area contributed by atoms with Crippen molar-refractivity contribution in [2.75, 3.05) is 11.9 Å². The molecule has 1 saturated heterocycles. The van der Waals surface area contributed by atoms with Crippen LogP contribution in [0.4, 0.5) is 23.7 Å². The van der Waals surface area contributed by atoms with Gasteiger partial charge in [0.15, 0.2) is 0 Å². The molecule has 2 amide bonds. The Morgan fingerprint density at radius 1 is 1.19 bits per heavy atom. The minimum Gasteiger partial charge on any atom is -0.317 e. The molecule has 27 heavy (non-hydrogen) atoms. The highest BCUT2D eigenvalue weighted by atomic mass is 19.4. The van der Waals surface area contributed by atoms with E-state index < -0.39 is 11.7 Å². The van der Waals surface area contributed by atoms with Crippen molar-refractivity contribution >= 4 is 11.7 Å². The predicted octanol–water partition coefficient (Wildman–Crippen LogP) is 5.19. The number of urea groups is 1. The molecule has 146 valence electrons. The highest BCUT2D eigenvalue weighted by molar-refractivity contribution is 5.89. The summed E-state index contributed by atoms with van der Waals surface area (Å²) in [5.41, 5.74) is 2.44. The number of alkyl halides is 3. The van der Waals surface area contributed by atoms with Gasteiger partial charge in [0.1, 0.15) is 0 Å². The molecule has 0 saturated carbocycles. The number of benzene rings is 1. The summed E-state index contributed by atoms with van der Waals surface area (Å²) in [6.07, 6.45) is -0.613. The summed E-state index contributed by atoms with van der Waals surface area (Å²) in [5, 5.41) is 9.95. The second kappa shape index (κ2) is 7.62. The third-order valence-electron chi connectivity index (χ3n) is 5.00. The fourth-order valence-electron chi connectivity index (χ4n) is 3.64. The maximum Gasteiger partial charge on any atom is 0.416 e. The van der Waals surface area contributed by atoms with E-state index in [1.165, 1.54) is 12.1 Å². The first-order chi connectivity index (χ1) is 12.8. The maximum absolute atomic E-state index is 12.9. The summed E-state index contributed by atoms with van der Waals surface area (Å²) in [7, 11) is 0. The Bertz CT molecular complexity index is 779. The Hall–Kier alpha value is -2.51.